The lowest BCUT2D eigenvalue weighted by atomic mass is 9.89. The molecule has 100 valence electrons. The molecule has 0 spiro atoms. The van der Waals surface area contributed by atoms with Crippen molar-refractivity contribution in [2.75, 3.05) is 19.8 Å². The summed E-state index contributed by atoms with van der Waals surface area (Å²) in [5.74, 6) is 1.03. The summed E-state index contributed by atoms with van der Waals surface area (Å²) < 4.78 is 5.45. The van der Waals surface area contributed by atoms with Gasteiger partial charge in [0.15, 0.2) is 0 Å². The third-order valence-corrected chi connectivity index (χ3v) is 3.80. The molecule has 1 rings (SSSR count). The summed E-state index contributed by atoms with van der Waals surface area (Å²) in [6, 6.07) is 0.247. The molecular weight excluding hydrogens is 214 g/mol. The molecule has 3 heteroatoms. The van der Waals surface area contributed by atoms with E-state index in [2.05, 4.69) is 26.1 Å². The van der Waals surface area contributed by atoms with Gasteiger partial charge in [-0.25, -0.2) is 0 Å². The second-order valence-electron chi connectivity index (χ2n) is 5.06. The number of ether oxygens (including phenoxy) is 1. The topological polar surface area (TPSA) is 38.3 Å². The van der Waals surface area contributed by atoms with Crippen molar-refractivity contribution < 1.29 is 9.53 Å². The van der Waals surface area contributed by atoms with Crippen LogP contribution in [0.3, 0.4) is 0 Å². The van der Waals surface area contributed by atoms with Crippen molar-refractivity contribution in [2.24, 2.45) is 11.8 Å². The molecule has 17 heavy (non-hydrogen) atoms. The van der Waals surface area contributed by atoms with Gasteiger partial charge < -0.3 is 10.1 Å². The minimum absolute atomic E-state index is 0.0853. The molecule has 3 nitrogen and oxygen atoms in total. The number of carbonyl (C=O) groups is 1. The normalized spacial score (nSPS) is 24.5. The Morgan fingerprint density at radius 2 is 2.00 bits per heavy atom. The second-order valence-corrected chi connectivity index (χ2v) is 5.06. The molecule has 0 radical (unpaired) electrons. The maximum absolute atomic E-state index is 12.2. The van der Waals surface area contributed by atoms with Crippen LogP contribution >= 0.6 is 0 Å². The van der Waals surface area contributed by atoms with Crippen LogP contribution in [0, 0.1) is 11.8 Å². The second kappa shape index (κ2) is 7.83. The molecule has 1 saturated heterocycles. The Balaban J connectivity index is 2.43. The van der Waals surface area contributed by atoms with Gasteiger partial charge in [0.1, 0.15) is 5.78 Å². The van der Waals surface area contributed by atoms with Crippen molar-refractivity contribution in [1.82, 2.24) is 5.32 Å². The fourth-order valence-corrected chi connectivity index (χ4v) is 2.42. The first kappa shape index (κ1) is 14.7. The molecule has 2 atom stereocenters. The molecule has 0 amide bonds. The average Bonchev–Trinajstić information content (AvgIpc) is 2.81. The van der Waals surface area contributed by atoms with Crippen molar-refractivity contribution in [1.29, 1.82) is 0 Å². The molecule has 0 aromatic heterocycles. The van der Waals surface area contributed by atoms with E-state index in [1.54, 1.807) is 0 Å². The standard InChI is InChI=1S/C14H27NO2/c1-4-7-15-13-10-17-9-12(13)14(16)8-11(5-2)6-3/h11-13,15H,4-10H2,1-3H3. The Morgan fingerprint density at radius 1 is 1.29 bits per heavy atom. The van der Waals surface area contributed by atoms with E-state index < -0.39 is 0 Å². The number of carbonyl (C=O) groups excluding carboxylic acids is 1. The van der Waals surface area contributed by atoms with Gasteiger partial charge in [0.25, 0.3) is 0 Å². The summed E-state index contributed by atoms with van der Waals surface area (Å²) in [7, 11) is 0. The number of nitrogens with one attached hydrogen (secondary N) is 1. The first-order valence-corrected chi connectivity index (χ1v) is 7.06. The molecule has 1 fully saturated rings. The van der Waals surface area contributed by atoms with E-state index in [0.29, 0.717) is 24.9 Å². The maximum Gasteiger partial charge on any atom is 0.140 e. The predicted octanol–water partition coefficient (Wildman–Crippen LogP) is 2.40. The van der Waals surface area contributed by atoms with Crippen LogP contribution in [-0.2, 0) is 9.53 Å². The van der Waals surface area contributed by atoms with Crippen molar-refractivity contribution in [3.8, 4) is 0 Å². The van der Waals surface area contributed by atoms with Gasteiger partial charge in [-0.15, -0.1) is 0 Å². The molecule has 0 saturated carbocycles. The predicted molar refractivity (Wildman–Crippen MR) is 70.1 cm³/mol. The van der Waals surface area contributed by atoms with E-state index in [0.717, 1.165) is 32.2 Å². The monoisotopic (exact) mass is 241 g/mol. The van der Waals surface area contributed by atoms with Gasteiger partial charge in [-0.1, -0.05) is 33.6 Å². The van der Waals surface area contributed by atoms with Gasteiger partial charge in [0, 0.05) is 12.5 Å². The first-order valence-electron chi connectivity index (χ1n) is 7.06. The highest BCUT2D eigenvalue weighted by Gasteiger charge is 2.33. The van der Waals surface area contributed by atoms with E-state index in [-0.39, 0.29) is 12.0 Å². The Labute approximate surface area is 105 Å². The molecule has 1 heterocycles. The summed E-state index contributed by atoms with van der Waals surface area (Å²) in [5, 5.41) is 3.43. The molecule has 0 aromatic rings. The number of ketones is 1. The molecule has 1 aliphatic heterocycles. The number of hydrogen-bond donors (Lipinski definition) is 1. The highest BCUT2D eigenvalue weighted by atomic mass is 16.5. The van der Waals surface area contributed by atoms with Crippen LogP contribution in [0.2, 0.25) is 0 Å². The summed E-state index contributed by atoms with van der Waals surface area (Å²) in [4.78, 5) is 12.2. The zero-order chi connectivity index (χ0) is 12.7. The lowest BCUT2D eigenvalue weighted by Crippen LogP contribution is -2.40. The Hall–Kier alpha value is -0.410. The fraction of sp³-hybridized carbons (Fsp3) is 0.929. The summed E-state index contributed by atoms with van der Waals surface area (Å²) in [5.41, 5.74) is 0. The lowest BCUT2D eigenvalue weighted by molar-refractivity contribution is -0.124. The minimum Gasteiger partial charge on any atom is -0.379 e. The smallest absolute Gasteiger partial charge is 0.140 e. The molecule has 1 aliphatic rings. The highest BCUT2D eigenvalue weighted by Crippen LogP contribution is 2.21. The van der Waals surface area contributed by atoms with Crippen molar-refractivity contribution in [2.45, 2.75) is 52.5 Å². The largest absolute Gasteiger partial charge is 0.379 e. The molecule has 0 aromatic carbocycles. The summed E-state index contributed by atoms with van der Waals surface area (Å²) in [6.07, 6.45) is 4.03. The zero-order valence-electron chi connectivity index (χ0n) is 11.5. The van der Waals surface area contributed by atoms with Gasteiger partial charge >= 0.3 is 0 Å². The maximum atomic E-state index is 12.2. The Morgan fingerprint density at radius 3 is 2.59 bits per heavy atom. The number of hydrogen-bond acceptors (Lipinski definition) is 3. The van der Waals surface area contributed by atoms with E-state index in [1.807, 2.05) is 0 Å². The quantitative estimate of drug-likeness (QED) is 0.709. The van der Waals surface area contributed by atoms with Crippen LogP contribution in [0.4, 0.5) is 0 Å². The van der Waals surface area contributed by atoms with Crippen LogP contribution in [0.1, 0.15) is 46.5 Å². The fourth-order valence-electron chi connectivity index (χ4n) is 2.42. The van der Waals surface area contributed by atoms with Crippen LogP contribution in [0.25, 0.3) is 0 Å². The van der Waals surface area contributed by atoms with Crippen molar-refractivity contribution >= 4 is 5.78 Å². The van der Waals surface area contributed by atoms with Crippen LogP contribution in [0.15, 0.2) is 0 Å². The molecule has 1 N–H and O–H groups in total. The van der Waals surface area contributed by atoms with Crippen LogP contribution in [0.5, 0.6) is 0 Å². The minimum atomic E-state index is 0.0853. The Kier molecular flexibility index (Phi) is 6.75. The third kappa shape index (κ3) is 4.40. The van der Waals surface area contributed by atoms with E-state index in [9.17, 15) is 4.79 Å². The van der Waals surface area contributed by atoms with Crippen molar-refractivity contribution in [3.05, 3.63) is 0 Å². The van der Waals surface area contributed by atoms with E-state index in [1.165, 1.54) is 0 Å². The van der Waals surface area contributed by atoms with Gasteiger partial charge in [-0.05, 0) is 18.9 Å². The molecule has 0 aliphatic carbocycles. The van der Waals surface area contributed by atoms with Gasteiger partial charge in [-0.2, -0.15) is 0 Å². The summed E-state index contributed by atoms with van der Waals surface area (Å²) >= 11 is 0. The van der Waals surface area contributed by atoms with Crippen molar-refractivity contribution in [3.63, 3.8) is 0 Å². The summed E-state index contributed by atoms with van der Waals surface area (Å²) in [6.45, 7) is 8.76. The highest BCUT2D eigenvalue weighted by molar-refractivity contribution is 5.82. The molecule has 0 bridgehead atoms. The van der Waals surface area contributed by atoms with E-state index >= 15 is 0 Å². The lowest BCUT2D eigenvalue weighted by Gasteiger charge is -2.20. The average molecular weight is 241 g/mol. The third-order valence-electron chi connectivity index (χ3n) is 3.80. The number of rotatable bonds is 8. The zero-order valence-corrected chi connectivity index (χ0v) is 11.5. The van der Waals surface area contributed by atoms with Crippen LogP contribution < -0.4 is 5.32 Å². The number of Topliss-reactive ketones (excluding diaryl/α,β-unsaturated/α-hetero) is 1. The molecular formula is C14H27NO2. The first-order chi connectivity index (χ1) is 8.22. The van der Waals surface area contributed by atoms with E-state index in [4.69, 9.17) is 4.74 Å². The SMILES string of the molecule is CCCNC1COCC1C(=O)CC(CC)CC. The Bertz CT molecular complexity index is 226. The van der Waals surface area contributed by atoms with Gasteiger partial charge in [0.2, 0.25) is 0 Å². The molecule has 2 unspecified atom stereocenters. The van der Waals surface area contributed by atoms with Gasteiger partial charge in [-0.3, -0.25) is 4.79 Å². The van der Waals surface area contributed by atoms with Gasteiger partial charge in [0.05, 0.1) is 19.1 Å². The van der Waals surface area contributed by atoms with Crippen LogP contribution in [-0.4, -0.2) is 31.6 Å².